The van der Waals surface area contributed by atoms with Crippen molar-refractivity contribution in [1.29, 1.82) is 0 Å². The van der Waals surface area contributed by atoms with Crippen molar-refractivity contribution < 1.29 is 9.84 Å². The lowest BCUT2D eigenvalue weighted by atomic mass is 9.63. The average Bonchev–Trinajstić information content (AvgIpc) is 2.72. The normalized spacial score (nSPS) is 44.2. The zero-order chi connectivity index (χ0) is 13.4. The van der Waals surface area contributed by atoms with Crippen molar-refractivity contribution in [3.63, 3.8) is 0 Å². The number of rotatable bonds is 3. The van der Waals surface area contributed by atoms with Crippen molar-refractivity contribution in [2.45, 2.75) is 70.5 Å². The van der Waals surface area contributed by atoms with Gasteiger partial charge in [0.1, 0.15) is 0 Å². The molecule has 0 aromatic heterocycles. The zero-order valence-electron chi connectivity index (χ0n) is 12.2. The van der Waals surface area contributed by atoms with Gasteiger partial charge in [-0.1, -0.05) is 13.3 Å². The lowest BCUT2D eigenvalue weighted by Gasteiger charge is -2.51. The fourth-order valence-corrected chi connectivity index (χ4v) is 4.18. The molecule has 2 aliphatic rings. The van der Waals surface area contributed by atoms with Crippen molar-refractivity contribution >= 4 is 0 Å². The third-order valence-corrected chi connectivity index (χ3v) is 5.39. The second-order valence-corrected chi connectivity index (χ2v) is 7.07. The molecule has 2 rings (SSSR count). The maximum Gasteiger partial charge on any atom is 0.0765 e. The molecule has 1 aliphatic carbocycles. The van der Waals surface area contributed by atoms with E-state index in [1.165, 1.54) is 12.8 Å². The van der Waals surface area contributed by atoms with E-state index in [9.17, 15) is 5.11 Å². The molecule has 18 heavy (non-hydrogen) atoms. The van der Waals surface area contributed by atoms with E-state index in [0.717, 1.165) is 25.2 Å². The summed E-state index contributed by atoms with van der Waals surface area (Å²) in [6.45, 7) is 7.66. The summed E-state index contributed by atoms with van der Waals surface area (Å²) in [5.74, 6) is 0.739. The second-order valence-electron chi connectivity index (χ2n) is 7.07. The van der Waals surface area contributed by atoms with E-state index in [0.29, 0.717) is 19.6 Å². The molecule has 1 saturated carbocycles. The van der Waals surface area contributed by atoms with Gasteiger partial charge < -0.3 is 15.6 Å². The molecule has 1 heterocycles. The van der Waals surface area contributed by atoms with Crippen LogP contribution in [0, 0.1) is 11.3 Å². The Bertz CT molecular complexity index is 305. The molecule has 0 aromatic rings. The van der Waals surface area contributed by atoms with Crippen molar-refractivity contribution in [1.82, 2.24) is 0 Å². The minimum Gasteiger partial charge on any atom is -0.389 e. The molecular formula is C15H29NO2. The van der Waals surface area contributed by atoms with E-state index in [4.69, 9.17) is 10.5 Å². The van der Waals surface area contributed by atoms with Gasteiger partial charge in [-0.25, -0.2) is 0 Å². The molecule has 1 saturated heterocycles. The molecular weight excluding hydrogens is 226 g/mol. The predicted molar refractivity (Wildman–Crippen MR) is 73.3 cm³/mol. The summed E-state index contributed by atoms with van der Waals surface area (Å²) in [6, 6.07) is 0. The fourth-order valence-electron chi connectivity index (χ4n) is 4.18. The molecule has 0 amide bonds. The molecule has 0 spiro atoms. The number of hydrogen-bond acceptors (Lipinski definition) is 3. The molecule has 1 aliphatic heterocycles. The van der Waals surface area contributed by atoms with Gasteiger partial charge >= 0.3 is 0 Å². The first-order chi connectivity index (χ1) is 8.36. The van der Waals surface area contributed by atoms with Crippen LogP contribution < -0.4 is 5.73 Å². The molecule has 3 nitrogen and oxygen atoms in total. The highest BCUT2D eigenvalue weighted by Crippen LogP contribution is 2.54. The Kier molecular flexibility index (Phi) is 3.79. The van der Waals surface area contributed by atoms with Crippen molar-refractivity contribution in [3.05, 3.63) is 0 Å². The number of hydrogen-bond donors (Lipinski definition) is 2. The van der Waals surface area contributed by atoms with Crippen LogP contribution in [-0.4, -0.2) is 29.5 Å². The maximum absolute atomic E-state index is 11.2. The predicted octanol–water partition coefficient (Wildman–Crippen LogP) is 2.46. The summed E-state index contributed by atoms with van der Waals surface area (Å²) in [5, 5.41) is 11.2. The number of aliphatic hydroxyl groups is 1. The Labute approximate surface area is 111 Å². The van der Waals surface area contributed by atoms with E-state index < -0.39 is 5.60 Å². The molecule has 0 radical (unpaired) electrons. The fraction of sp³-hybridized carbons (Fsp3) is 1.00. The number of nitrogens with two attached hydrogens (primary N) is 1. The minimum absolute atomic E-state index is 0.0747. The van der Waals surface area contributed by atoms with Crippen LogP contribution in [0.25, 0.3) is 0 Å². The van der Waals surface area contributed by atoms with Crippen molar-refractivity contribution in [2.24, 2.45) is 17.1 Å². The maximum atomic E-state index is 11.2. The van der Waals surface area contributed by atoms with Crippen LogP contribution in [0.15, 0.2) is 0 Å². The van der Waals surface area contributed by atoms with E-state index in [1.807, 2.05) is 0 Å². The molecule has 3 N–H and O–H groups in total. The molecule has 3 unspecified atom stereocenters. The monoisotopic (exact) mass is 255 g/mol. The minimum atomic E-state index is -0.632. The molecule has 106 valence electrons. The largest absolute Gasteiger partial charge is 0.389 e. The van der Waals surface area contributed by atoms with Gasteiger partial charge in [-0.15, -0.1) is 0 Å². The smallest absolute Gasteiger partial charge is 0.0765 e. The van der Waals surface area contributed by atoms with Crippen LogP contribution in [0.5, 0.6) is 0 Å². The molecule has 0 bridgehead atoms. The Morgan fingerprint density at radius 1 is 1.33 bits per heavy atom. The summed E-state index contributed by atoms with van der Waals surface area (Å²) >= 11 is 0. The van der Waals surface area contributed by atoms with Gasteiger partial charge in [-0.3, -0.25) is 0 Å². The van der Waals surface area contributed by atoms with Gasteiger partial charge in [-0.05, 0) is 39.0 Å². The van der Waals surface area contributed by atoms with E-state index in [-0.39, 0.29) is 11.0 Å². The van der Waals surface area contributed by atoms with E-state index >= 15 is 0 Å². The highest BCUT2D eigenvalue weighted by Gasteiger charge is 2.55. The summed E-state index contributed by atoms with van der Waals surface area (Å²) in [4.78, 5) is 0. The Hall–Kier alpha value is -0.120. The van der Waals surface area contributed by atoms with E-state index in [2.05, 4.69) is 20.8 Å². The lowest BCUT2D eigenvalue weighted by Crippen LogP contribution is -2.58. The molecule has 3 atom stereocenters. The van der Waals surface area contributed by atoms with Gasteiger partial charge in [0.15, 0.2) is 0 Å². The van der Waals surface area contributed by atoms with Crippen LogP contribution in [0.1, 0.15) is 59.3 Å². The van der Waals surface area contributed by atoms with Crippen LogP contribution in [0.4, 0.5) is 0 Å². The standard InChI is InChI=1S/C15H29NO2/c1-4-12-5-6-14(9-12,11-16)15(17)7-8-18-13(2,3)10-15/h12,17H,4-11,16H2,1-3H3. The summed E-state index contributed by atoms with van der Waals surface area (Å²) in [5.41, 5.74) is 5.16. The summed E-state index contributed by atoms with van der Waals surface area (Å²) in [7, 11) is 0. The highest BCUT2D eigenvalue weighted by atomic mass is 16.5. The summed E-state index contributed by atoms with van der Waals surface area (Å²) in [6.07, 6.45) is 6.05. The SMILES string of the molecule is CCC1CCC(CN)(C2(O)CCOC(C)(C)C2)C1. The first-order valence-electron chi connectivity index (χ1n) is 7.43. The van der Waals surface area contributed by atoms with Gasteiger partial charge in [0.2, 0.25) is 0 Å². The van der Waals surface area contributed by atoms with Crippen LogP contribution in [0.3, 0.4) is 0 Å². The van der Waals surface area contributed by atoms with Gasteiger partial charge in [0.25, 0.3) is 0 Å². The Morgan fingerprint density at radius 3 is 2.56 bits per heavy atom. The van der Waals surface area contributed by atoms with Gasteiger partial charge in [-0.2, -0.15) is 0 Å². The first-order valence-corrected chi connectivity index (χ1v) is 7.43. The summed E-state index contributed by atoms with van der Waals surface area (Å²) < 4.78 is 5.76. The van der Waals surface area contributed by atoms with Crippen LogP contribution in [0.2, 0.25) is 0 Å². The topological polar surface area (TPSA) is 55.5 Å². The quantitative estimate of drug-likeness (QED) is 0.814. The van der Waals surface area contributed by atoms with Crippen molar-refractivity contribution in [2.75, 3.05) is 13.2 Å². The zero-order valence-corrected chi connectivity index (χ0v) is 12.2. The first kappa shape index (κ1) is 14.3. The molecule has 3 heteroatoms. The second kappa shape index (κ2) is 4.77. The van der Waals surface area contributed by atoms with E-state index in [1.54, 1.807) is 0 Å². The van der Waals surface area contributed by atoms with Crippen molar-refractivity contribution in [3.8, 4) is 0 Å². The molecule has 2 fully saturated rings. The van der Waals surface area contributed by atoms with Crippen LogP contribution >= 0.6 is 0 Å². The van der Waals surface area contributed by atoms with Gasteiger partial charge in [0.05, 0.1) is 17.8 Å². The third-order valence-electron chi connectivity index (χ3n) is 5.39. The lowest BCUT2D eigenvalue weighted by molar-refractivity contribution is -0.192. The Balaban J connectivity index is 2.21. The molecule has 0 aromatic carbocycles. The Morgan fingerprint density at radius 2 is 2.06 bits per heavy atom. The van der Waals surface area contributed by atoms with Crippen LogP contribution in [-0.2, 0) is 4.74 Å². The highest BCUT2D eigenvalue weighted by molar-refractivity contribution is 5.07. The number of ether oxygens (including phenoxy) is 1. The third kappa shape index (κ3) is 2.33. The average molecular weight is 255 g/mol. The van der Waals surface area contributed by atoms with Gasteiger partial charge in [0, 0.05) is 24.8 Å².